The summed E-state index contributed by atoms with van der Waals surface area (Å²) in [5, 5.41) is 1.07. The fourth-order valence-electron chi connectivity index (χ4n) is 3.35. The monoisotopic (exact) mass is 292 g/mol. The Morgan fingerprint density at radius 3 is 2.75 bits per heavy atom. The summed E-state index contributed by atoms with van der Waals surface area (Å²) in [6.07, 6.45) is 2.85. The highest BCUT2D eigenvalue weighted by atomic mass is 32.1. The normalized spacial score (nSPS) is 25.4. The molecular formula is C16H24N2OS. The Balaban J connectivity index is 1.83. The summed E-state index contributed by atoms with van der Waals surface area (Å²) in [5.74, 6) is 1.79. The van der Waals surface area contributed by atoms with E-state index in [9.17, 15) is 4.79 Å². The van der Waals surface area contributed by atoms with E-state index in [1.54, 1.807) is 11.3 Å². The molecule has 4 heteroatoms. The molecule has 1 fully saturated rings. The number of ketones is 1. The predicted octanol–water partition coefficient (Wildman–Crippen LogP) is 3.78. The highest BCUT2D eigenvalue weighted by molar-refractivity contribution is 7.17. The number of Topliss-reactive ketones (excluding diaryl/α,β-unsaturated/α-hetero) is 1. The number of rotatable bonds is 2. The van der Waals surface area contributed by atoms with Crippen molar-refractivity contribution in [1.82, 2.24) is 4.98 Å². The van der Waals surface area contributed by atoms with E-state index in [4.69, 9.17) is 4.98 Å². The first-order valence-electron chi connectivity index (χ1n) is 7.63. The van der Waals surface area contributed by atoms with Crippen LogP contribution in [0.15, 0.2) is 0 Å². The number of thiazole rings is 1. The van der Waals surface area contributed by atoms with Gasteiger partial charge >= 0.3 is 0 Å². The number of carbonyl (C=O) groups excluding carboxylic acids is 1. The van der Waals surface area contributed by atoms with Crippen LogP contribution in [0.25, 0.3) is 0 Å². The molecule has 0 bridgehead atoms. The van der Waals surface area contributed by atoms with Gasteiger partial charge in [0.15, 0.2) is 10.9 Å². The molecule has 20 heavy (non-hydrogen) atoms. The highest BCUT2D eigenvalue weighted by Crippen LogP contribution is 2.40. The molecule has 1 aromatic heterocycles. The van der Waals surface area contributed by atoms with Crippen LogP contribution in [-0.2, 0) is 6.42 Å². The second-order valence-corrected chi connectivity index (χ2v) is 8.43. The van der Waals surface area contributed by atoms with Crippen molar-refractivity contribution in [1.29, 1.82) is 0 Å². The van der Waals surface area contributed by atoms with Gasteiger partial charge in [0.1, 0.15) is 0 Å². The lowest BCUT2D eigenvalue weighted by molar-refractivity contribution is 0.0916. The third-order valence-electron chi connectivity index (χ3n) is 4.66. The van der Waals surface area contributed by atoms with Crippen molar-refractivity contribution in [3.05, 3.63) is 10.6 Å². The molecule has 110 valence electrons. The van der Waals surface area contributed by atoms with E-state index in [2.05, 4.69) is 32.6 Å². The lowest BCUT2D eigenvalue weighted by atomic mass is 9.78. The van der Waals surface area contributed by atoms with Gasteiger partial charge in [0, 0.05) is 19.5 Å². The fourth-order valence-corrected chi connectivity index (χ4v) is 4.40. The molecule has 0 aromatic carbocycles. The van der Waals surface area contributed by atoms with Gasteiger partial charge in [-0.15, -0.1) is 0 Å². The molecule has 1 aliphatic carbocycles. The van der Waals surface area contributed by atoms with Crippen molar-refractivity contribution in [3.63, 3.8) is 0 Å². The quantitative estimate of drug-likeness (QED) is 0.831. The molecule has 1 aliphatic heterocycles. The summed E-state index contributed by atoms with van der Waals surface area (Å²) in [6.45, 7) is 11.1. The largest absolute Gasteiger partial charge is 0.348 e. The Morgan fingerprint density at radius 2 is 2.10 bits per heavy atom. The summed E-state index contributed by atoms with van der Waals surface area (Å²) in [7, 11) is 0. The summed E-state index contributed by atoms with van der Waals surface area (Å²) in [5.41, 5.74) is 1.11. The van der Waals surface area contributed by atoms with Gasteiger partial charge in [-0.05, 0) is 30.1 Å². The molecule has 3 rings (SSSR count). The van der Waals surface area contributed by atoms with E-state index < -0.39 is 0 Å². The van der Waals surface area contributed by atoms with E-state index >= 15 is 0 Å². The summed E-state index contributed by atoms with van der Waals surface area (Å²) >= 11 is 1.62. The number of fused-ring (bicyclic) bond motifs is 1. The van der Waals surface area contributed by atoms with Crippen LogP contribution in [0.5, 0.6) is 0 Å². The highest BCUT2D eigenvalue weighted by Gasteiger charge is 2.35. The molecule has 1 unspecified atom stereocenters. The lowest BCUT2D eigenvalue weighted by Gasteiger charge is -2.26. The molecule has 0 N–H and O–H groups in total. The second kappa shape index (κ2) is 4.83. The number of nitrogens with zero attached hydrogens (tertiary/aromatic N) is 2. The zero-order valence-corrected chi connectivity index (χ0v) is 13.7. The van der Waals surface area contributed by atoms with Gasteiger partial charge in [-0.25, -0.2) is 4.98 Å². The van der Waals surface area contributed by atoms with E-state index in [0.29, 0.717) is 12.2 Å². The predicted molar refractivity (Wildman–Crippen MR) is 83.7 cm³/mol. The number of hydrogen-bond donors (Lipinski definition) is 0. The van der Waals surface area contributed by atoms with Crippen molar-refractivity contribution in [3.8, 4) is 0 Å². The van der Waals surface area contributed by atoms with Gasteiger partial charge in [0.25, 0.3) is 0 Å². The molecule has 0 spiro atoms. The van der Waals surface area contributed by atoms with E-state index in [1.165, 1.54) is 6.42 Å². The van der Waals surface area contributed by atoms with Crippen LogP contribution in [0.1, 0.15) is 55.9 Å². The molecule has 3 nitrogen and oxygen atoms in total. The van der Waals surface area contributed by atoms with Crippen LogP contribution < -0.4 is 4.90 Å². The van der Waals surface area contributed by atoms with Gasteiger partial charge in [0.05, 0.1) is 10.6 Å². The summed E-state index contributed by atoms with van der Waals surface area (Å²) in [4.78, 5) is 20.4. The van der Waals surface area contributed by atoms with Crippen LogP contribution in [0.3, 0.4) is 0 Å². The SMILES string of the molecule is CC(C)C1CCN(c2nc3c(s2)C(=O)CC(C)(C)C3)C1. The topological polar surface area (TPSA) is 33.2 Å². The van der Waals surface area contributed by atoms with Crippen molar-refractivity contribution in [2.45, 2.75) is 47.0 Å². The minimum Gasteiger partial charge on any atom is -0.348 e. The molecule has 2 heterocycles. The van der Waals surface area contributed by atoms with E-state index in [1.807, 2.05) is 0 Å². The third kappa shape index (κ3) is 2.50. The minimum absolute atomic E-state index is 0.0703. The molecule has 0 amide bonds. The Bertz CT molecular complexity index is 533. The van der Waals surface area contributed by atoms with Gasteiger partial charge in [-0.1, -0.05) is 39.0 Å². The standard InChI is InChI=1S/C16H24N2OS/c1-10(2)11-5-6-18(9-11)15-17-12-7-16(3,4)8-13(19)14(12)20-15/h10-11H,5-9H2,1-4H3. The molecular weight excluding hydrogens is 268 g/mol. The van der Waals surface area contributed by atoms with E-state index in [-0.39, 0.29) is 5.41 Å². The maximum atomic E-state index is 12.3. The van der Waals surface area contributed by atoms with Crippen molar-refractivity contribution in [2.75, 3.05) is 18.0 Å². The Kier molecular flexibility index (Phi) is 3.39. The second-order valence-electron chi connectivity index (χ2n) is 7.45. The zero-order valence-electron chi connectivity index (χ0n) is 12.9. The number of aromatic nitrogens is 1. The van der Waals surface area contributed by atoms with Gasteiger partial charge in [-0.3, -0.25) is 4.79 Å². The van der Waals surface area contributed by atoms with Crippen LogP contribution in [0.2, 0.25) is 0 Å². The van der Waals surface area contributed by atoms with Crippen molar-refractivity contribution < 1.29 is 4.79 Å². The summed E-state index contributed by atoms with van der Waals surface area (Å²) in [6, 6.07) is 0. The zero-order chi connectivity index (χ0) is 14.5. The van der Waals surface area contributed by atoms with Crippen LogP contribution in [0.4, 0.5) is 5.13 Å². The summed E-state index contributed by atoms with van der Waals surface area (Å²) < 4.78 is 0. The Hall–Kier alpha value is -0.900. The van der Waals surface area contributed by atoms with Gasteiger partial charge in [-0.2, -0.15) is 0 Å². The molecule has 1 saturated heterocycles. The van der Waals surface area contributed by atoms with Gasteiger partial charge < -0.3 is 4.90 Å². The van der Waals surface area contributed by atoms with Crippen LogP contribution in [-0.4, -0.2) is 23.9 Å². The first-order valence-corrected chi connectivity index (χ1v) is 8.45. The van der Waals surface area contributed by atoms with Crippen molar-refractivity contribution >= 4 is 22.3 Å². The minimum atomic E-state index is 0.0703. The number of hydrogen-bond acceptors (Lipinski definition) is 4. The molecule has 1 atom stereocenters. The van der Waals surface area contributed by atoms with Crippen LogP contribution in [0, 0.1) is 17.3 Å². The first-order chi connectivity index (χ1) is 9.35. The van der Waals surface area contributed by atoms with E-state index in [0.717, 1.165) is 47.0 Å². The fraction of sp³-hybridized carbons (Fsp3) is 0.750. The Labute approximate surface area is 125 Å². The Morgan fingerprint density at radius 1 is 1.35 bits per heavy atom. The molecule has 2 aliphatic rings. The molecule has 1 aromatic rings. The first kappa shape index (κ1) is 14.1. The van der Waals surface area contributed by atoms with Crippen molar-refractivity contribution in [2.24, 2.45) is 17.3 Å². The number of carbonyl (C=O) groups is 1. The maximum Gasteiger partial charge on any atom is 0.186 e. The average Bonchev–Trinajstić information content (AvgIpc) is 2.91. The molecule has 0 saturated carbocycles. The average molecular weight is 292 g/mol. The smallest absolute Gasteiger partial charge is 0.186 e. The number of anilines is 1. The third-order valence-corrected chi connectivity index (χ3v) is 5.86. The lowest BCUT2D eigenvalue weighted by Crippen LogP contribution is -2.26. The maximum absolute atomic E-state index is 12.3. The van der Waals surface area contributed by atoms with Crippen LogP contribution >= 0.6 is 11.3 Å². The molecule has 0 radical (unpaired) electrons. The van der Waals surface area contributed by atoms with Gasteiger partial charge in [0.2, 0.25) is 0 Å².